The highest BCUT2D eigenvalue weighted by molar-refractivity contribution is 5.84. The van der Waals surface area contributed by atoms with E-state index in [9.17, 15) is 8.78 Å². The highest BCUT2D eigenvalue weighted by atomic mass is 19.2. The van der Waals surface area contributed by atoms with E-state index in [1.54, 1.807) is 24.5 Å². The van der Waals surface area contributed by atoms with E-state index in [1.165, 1.54) is 24.1 Å². The van der Waals surface area contributed by atoms with Crippen molar-refractivity contribution in [1.29, 1.82) is 0 Å². The van der Waals surface area contributed by atoms with E-state index in [4.69, 9.17) is 4.74 Å². The van der Waals surface area contributed by atoms with E-state index in [0.29, 0.717) is 23.1 Å². The molecule has 0 aliphatic carbocycles. The fraction of sp³-hybridized carbons (Fsp3) is 0.241. The number of ether oxygens (including phenoxy) is 1. The molecule has 0 aliphatic rings. The second kappa shape index (κ2) is 11.4. The molecular formula is C29H26F2N2O. The van der Waals surface area contributed by atoms with Crippen LogP contribution in [0.3, 0.4) is 0 Å². The van der Waals surface area contributed by atoms with Crippen LogP contribution >= 0.6 is 0 Å². The third-order valence-electron chi connectivity index (χ3n) is 5.52. The van der Waals surface area contributed by atoms with E-state index in [2.05, 4.69) is 28.7 Å². The minimum atomic E-state index is -0.856. The predicted molar refractivity (Wildman–Crippen MR) is 131 cm³/mol. The van der Waals surface area contributed by atoms with E-state index < -0.39 is 11.6 Å². The number of benzene rings is 3. The summed E-state index contributed by atoms with van der Waals surface area (Å²) in [7, 11) is 0. The SMILES string of the molecule is CCCCCOc1cnc(CCc2ccc(C#Cc3ccc4cc(F)c(F)cc4c3)cc2)nc1. The van der Waals surface area contributed by atoms with Crippen molar-refractivity contribution in [1.82, 2.24) is 9.97 Å². The molecule has 0 N–H and O–H groups in total. The van der Waals surface area contributed by atoms with Gasteiger partial charge in [0.25, 0.3) is 0 Å². The Labute approximate surface area is 198 Å². The molecule has 0 spiro atoms. The van der Waals surface area contributed by atoms with Gasteiger partial charge in [0.2, 0.25) is 0 Å². The molecule has 5 heteroatoms. The summed E-state index contributed by atoms with van der Waals surface area (Å²) in [6.45, 7) is 2.87. The Balaban J connectivity index is 1.32. The van der Waals surface area contributed by atoms with Crippen molar-refractivity contribution in [2.75, 3.05) is 6.61 Å². The van der Waals surface area contributed by atoms with Gasteiger partial charge in [-0.05, 0) is 65.6 Å². The molecule has 1 heterocycles. The van der Waals surface area contributed by atoms with Gasteiger partial charge in [0, 0.05) is 17.5 Å². The number of nitrogens with zero attached hydrogens (tertiary/aromatic N) is 2. The van der Waals surface area contributed by atoms with Gasteiger partial charge < -0.3 is 4.74 Å². The number of hydrogen-bond acceptors (Lipinski definition) is 3. The third kappa shape index (κ3) is 6.39. The molecule has 4 rings (SSSR count). The number of aryl methyl sites for hydroxylation is 2. The molecule has 4 aromatic rings. The minimum Gasteiger partial charge on any atom is -0.490 e. The quantitative estimate of drug-likeness (QED) is 0.220. The van der Waals surface area contributed by atoms with Crippen LogP contribution in [0.4, 0.5) is 8.78 Å². The molecule has 0 atom stereocenters. The standard InChI is InChI=1S/C29H26F2N2O/c1-2-3-4-15-34-26-19-32-29(33-20-26)14-12-22-7-5-21(6-8-22)9-10-23-11-13-24-17-27(30)28(31)18-25(24)16-23/h5-8,11,13,16-20H,2-4,12,14-15H2,1H3. The number of hydrogen-bond donors (Lipinski definition) is 0. The van der Waals surface area contributed by atoms with Crippen LogP contribution in [0, 0.1) is 23.5 Å². The summed E-state index contributed by atoms with van der Waals surface area (Å²) >= 11 is 0. The average molecular weight is 457 g/mol. The summed E-state index contributed by atoms with van der Waals surface area (Å²) in [5, 5.41) is 1.27. The van der Waals surface area contributed by atoms with E-state index >= 15 is 0 Å². The van der Waals surface area contributed by atoms with Crippen LogP contribution in [0.1, 0.15) is 48.7 Å². The van der Waals surface area contributed by atoms with Crippen molar-refractivity contribution in [3.8, 4) is 17.6 Å². The van der Waals surface area contributed by atoms with Gasteiger partial charge in [-0.3, -0.25) is 0 Å². The number of fused-ring (bicyclic) bond motifs is 1. The fourth-order valence-corrected chi connectivity index (χ4v) is 3.56. The van der Waals surface area contributed by atoms with Crippen LogP contribution in [0.2, 0.25) is 0 Å². The maximum atomic E-state index is 13.5. The highest BCUT2D eigenvalue weighted by Crippen LogP contribution is 2.20. The number of halogens is 2. The summed E-state index contributed by atoms with van der Waals surface area (Å²) in [5.41, 5.74) is 2.81. The summed E-state index contributed by atoms with van der Waals surface area (Å²) in [6, 6.07) is 15.8. The Morgan fingerprint density at radius 1 is 0.765 bits per heavy atom. The summed E-state index contributed by atoms with van der Waals surface area (Å²) < 4.78 is 32.5. The zero-order valence-electron chi connectivity index (χ0n) is 19.2. The van der Waals surface area contributed by atoms with E-state index in [1.807, 2.05) is 30.3 Å². The smallest absolute Gasteiger partial charge is 0.159 e. The van der Waals surface area contributed by atoms with Crippen LogP contribution in [-0.2, 0) is 12.8 Å². The first-order valence-electron chi connectivity index (χ1n) is 11.5. The minimum absolute atomic E-state index is 0.624. The first-order valence-corrected chi connectivity index (χ1v) is 11.5. The van der Waals surface area contributed by atoms with Gasteiger partial charge in [-0.15, -0.1) is 0 Å². The second-order valence-electron chi connectivity index (χ2n) is 8.17. The molecule has 0 fully saturated rings. The molecule has 1 aromatic heterocycles. The van der Waals surface area contributed by atoms with Crippen LogP contribution in [-0.4, -0.2) is 16.6 Å². The maximum Gasteiger partial charge on any atom is 0.159 e. The van der Waals surface area contributed by atoms with Crippen LogP contribution in [0.25, 0.3) is 10.8 Å². The maximum absolute atomic E-state index is 13.5. The zero-order chi connectivity index (χ0) is 23.8. The van der Waals surface area contributed by atoms with Gasteiger partial charge in [-0.2, -0.15) is 0 Å². The van der Waals surface area contributed by atoms with Crippen molar-refractivity contribution in [3.05, 3.63) is 101 Å². The summed E-state index contributed by atoms with van der Waals surface area (Å²) in [5.74, 6) is 6.02. The number of aromatic nitrogens is 2. The average Bonchev–Trinajstić information content (AvgIpc) is 2.86. The van der Waals surface area contributed by atoms with Gasteiger partial charge in [0.15, 0.2) is 17.4 Å². The third-order valence-corrected chi connectivity index (χ3v) is 5.52. The molecule has 172 valence electrons. The van der Waals surface area contributed by atoms with Gasteiger partial charge >= 0.3 is 0 Å². The number of unbranched alkanes of at least 4 members (excludes halogenated alkanes) is 2. The van der Waals surface area contributed by atoms with Gasteiger partial charge in [0.1, 0.15) is 5.82 Å². The molecule has 0 bridgehead atoms. The zero-order valence-corrected chi connectivity index (χ0v) is 19.2. The highest BCUT2D eigenvalue weighted by Gasteiger charge is 2.04. The Hall–Kier alpha value is -3.78. The van der Waals surface area contributed by atoms with Crippen molar-refractivity contribution in [2.45, 2.75) is 39.0 Å². The molecule has 0 saturated heterocycles. The molecular weight excluding hydrogens is 430 g/mol. The molecule has 0 unspecified atom stereocenters. The lowest BCUT2D eigenvalue weighted by atomic mass is 10.1. The molecule has 0 amide bonds. The molecule has 0 saturated carbocycles. The first-order chi connectivity index (χ1) is 16.6. The van der Waals surface area contributed by atoms with Crippen molar-refractivity contribution >= 4 is 10.8 Å². The fourth-order valence-electron chi connectivity index (χ4n) is 3.56. The van der Waals surface area contributed by atoms with Gasteiger partial charge in [-0.1, -0.05) is 49.8 Å². The van der Waals surface area contributed by atoms with Crippen molar-refractivity contribution < 1.29 is 13.5 Å². The molecule has 3 nitrogen and oxygen atoms in total. The lowest BCUT2D eigenvalue weighted by Gasteiger charge is -2.06. The molecule has 0 radical (unpaired) electrons. The normalized spacial score (nSPS) is 10.7. The summed E-state index contributed by atoms with van der Waals surface area (Å²) in [4.78, 5) is 8.80. The number of rotatable bonds is 8. The van der Waals surface area contributed by atoms with Gasteiger partial charge in [0.05, 0.1) is 19.0 Å². The lowest BCUT2D eigenvalue weighted by Crippen LogP contribution is -2.01. The second-order valence-corrected chi connectivity index (χ2v) is 8.17. The molecule has 0 aliphatic heterocycles. The largest absolute Gasteiger partial charge is 0.490 e. The van der Waals surface area contributed by atoms with Crippen molar-refractivity contribution in [3.63, 3.8) is 0 Å². The Morgan fingerprint density at radius 2 is 1.44 bits per heavy atom. The Morgan fingerprint density at radius 3 is 2.18 bits per heavy atom. The Bertz CT molecular complexity index is 1310. The lowest BCUT2D eigenvalue weighted by molar-refractivity contribution is 0.303. The topological polar surface area (TPSA) is 35.0 Å². The van der Waals surface area contributed by atoms with Crippen LogP contribution in [0.5, 0.6) is 5.75 Å². The van der Waals surface area contributed by atoms with Gasteiger partial charge in [-0.25, -0.2) is 18.7 Å². The molecule has 3 aromatic carbocycles. The summed E-state index contributed by atoms with van der Waals surface area (Å²) in [6.07, 6.45) is 8.43. The first kappa shape index (κ1) is 23.4. The predicted octanol–water partition coefficient (Wildman–Crippen LogP) is 6.66. The Kier molecular flexibility index (Phi) is 7.83. The van der Waals surface area contributed by atoms with Crippen LogP contribution < -0.4 is 4.74 Å². The monoisotopic (exact) mass is 456 g/mol. The van der Waals surface area contributed by atoms with Crippen LogP contribution in [0.15, 0.2) is 67.0 Å². The van der Waals surface area contributed by atoms with E-state index in [-0.39, 0.29) is 0 Å². The van der Waals surface area contributed by atoms with Crippen molar-refractivity contribution in [2.24, 2.45) is 0 Å². The van der Waals surface area contributed by atoms with E-state index in [0.717, 1.165) is 42.6 Å². The molecule has 34 heavy (non-hydrogen) atoms.